The molecule has 0 aromatic carbocycles. The summed E-state index contributed by atoms with van der Waals surface area (Å²) in [6, 6.07) is 0. The number of aliphatic hydroxyl groups is 1. The topological polar surface area (TPSA) is 110 Å². The Balaban J connectivity index is 5.23. The predicted molar refractivity (Wildman–Crippen MR) is 91.8 cm³/mol. The van der Waals surface area contributed by atoms with Crippen molar-refractivity contribution in [3.05, 3.63) is 0 Å². The van der Waals surface area contributed by atoms with Crippen molar-refractivity contribution < 1.29 is 34.1 Å². The van der Waals surface area contributed by atoms with Gasteiger partial charge in [0.1, 0.15) is 0 Å². The molecule has 0 unspecified atom stereocenters. The molecular weight excluding hydrogens is 328 g/mol. The van der Waals surface area contributed by atoms with Gasteiger partial charge in [0.15, 0.2) is 6.10 Å². The van der Waals surface area contributed by atoms with E-state index >= 15 is 0 Å². The zero-order chi connectivity index (χ0) is 19.7. The number of aliphatic hydroxyl groups excluding tert-OH is 1. The Hall–Kier alpha value is -1.63. The molecule has 0 heterocycles. The maximum absolute atomic E-state index is 12.4. The number of hydrogen-bond donors (Lipinski definition) is 2. The van der Waals surface area contributed by atoms with Crippen molar-refractivity contribution in [1.82, 2.24) is 0 Å². The molecule has 0 aliphatic carbocycles. The van der Waals surface area contributed by atoms with E-state index in [-0.39, 0.29) is 17.8 Å². The Morgan fingerprint density at radius 3 is 1.56 bits per heavy atom. The number of esters is 2. The van der Waals surface area contributed by atoms with Crippen LogP contribution in [0, 0.1) is 17.8 Å². The second kappa shape index (κ2) is 11.1. The van der Waals surface area contributed by atoms with E-state index < -0.39 is 36.2 Å². The van der Waals surface area contributed by atoms with Gasteiger partial charge in [0, 0.05) is 11.8 Å². The highest BCUT2D eigenvalue weighted by molar-refractivity contribution is 5.84. The van der Waals surface area contributed by atoms with Crippen LogP contribution in [0.5, 0.6) is 0 Å². The van der Waals surface area contributed by atoms with Crippen LogP contribution in [0.2, 0.25) is 0 Å². The van der Waals surface area contributed by atoms with E-state index in [1.54, 1.807) is 27.7 Å². The summed E-state index contributed by atoms with van der Waals surface area (Å²) in [5, 5.41) is 19.2. The van der Waals surface area contributed by atoms with Gasteiger partial charge in [-0.25, -0.2) is 14.4 Å². The Kier molecular flexibility index (Phi) is 10.4. The zero-order valence-corrected chi connectivity index (χ0v) is 16.0. The lowest BCUT2D eigenvalue weighted by molar-refractivity contribution is -0.186. The number of carboxylic acid groups (broad SMARTS) is 1. The fourth-order valence-corrected chi connectivity index (χ4v) is 2.08. The van der Waals surface area contributed by atoms with Crippen LogP contribution in [-0.4, -0.2) is 46.4 Å². The van der Waals surface area contributed by atoms with Crippen LogP contribution in [0.3, 0.4) is 0 Å². The summed E-state index contributed by atoms with van der Waals surface area (Å²) in [5.41, 5.74) is 0. The molecule has 0 amide bonds. The summed E-state index contributed by atoms with van der Waals surface area (Å²) in [4.78, 5) is 35.9. The normalized spacial score (nSPS) is 18.4. The van der Waals surface area contributed by atoms with E-state index in [1.807, 2.05) is 13.8 Å². The van der Waals surface area contributed by atoms with Gasteiger partial charge in [-0.1, -0.05) is 48.0 Å². The molecule has 7 heteroatoms. The molecule has 0 spiro atoms. The first-order valence-electron chi connectivity index (χ1n) is 8.92. The number of aliphatic carboxylic acids is 1. The molecule has 0 saturated carbocycles. The van der Waals surface area contributed by atoms with Crippen molar-refractivity contribution in [2.24, 2.45) is 17.8 Å². The van der Waals surface area contributed by atoms with Gasteiger partial charge in [-0.3, -0.25) is 0 Å². The summed E-state index contributed by atoms with van der Waals surface area (Å²) in [6.45, 7) is 10.5. The first-order chi connectivity index (χ1) is 11.6. The van der Waals surface area contributed by atoms with Gasteiger partial charge in [0.2, 0.25) is 12.2 Å². The number of carbonyl (C=O) groups is 3. The van der Waals surface area contributed by atoms with Crippen LogP contribution in [0.1, 0.15) is 60.8 Å². The van der Waals surface area contributed by atoms with Crippen LogP contribution in [-0.2, 0) is 23.9 Å². The quantitative estimate of drug-likeness (QED) is 0.544. The van der Waals surface area contributed by atoms with E-state index in [0.29, 0.717) is 19.3 Å². The van der Waals surface area contributed by atoms with Crippen LogP contribution in [0.4, 0.5) is 0 Å². The van der Waals surface area contributed by atoms with Gasteiger partial charge in [0.25, 0.3) is 0 Å². The summed E-state index contributed by atoms with van der Waals surface area (Å²) in [6.07, 6.45) is -2.28. The molecule has 0 saturated heterocycles. The lowest BCUT2D eigenvalue weighted by Crippen LogP contribution is -2.43. The van der Waals surface area contributed by atoms with Gasteiger partial charge in [-0.15, -0.1) is 0 Å². The molecule has 25 heavy (non-hydrogen) atoms. The fraction of sp³-hybridized carbons (Fsp3) is 0.833. The third kappa shape index (κ3) is 7.02. The van der Waals surface area contributed by atoms with Crippen molar-refractivity contribution in [2.45, 2.75) is 79.1 Å². The zero-order valence-electron chi connectivity index (χ0n) is 16.0. The average molecular weight is 360 g/mol. The largest absolute Gasteiger partial charge is 0.478 e. The Morgan fingerprint density at radius 1 is 0.760 bits per heavy atom. The smallest absolute Gasteiger partial charge is 0.348 e. The van der Waals surface area contributed by atoms with Crippen LogP contribution < -0.4 is 0 Å². The summed E-state index contributed by atoms with van der Waals surface area (Å²) < 4.78 is 10.3. The van der Waals surface area contributed by atoms with Gasteiger partial charge in [0.05, 0.1) is 0 Å². The highest BCUT2D eigenvalue weighted by Crippen LogP contribution is 2.20. The molecule has 7 nitrogen and oxygen atoms in total. The Bertz CT molecular complexity index is 449. The number of carboxylic acids is 1. The third-order valence-corrected chi connectivity index (χ3v) is 4.71. The highest BCUT2D eigenvalue weighted by Gasteiger charge is 2.37. The highest BCUT2D eigenvalue weighted by atomic mass is 16.6. The first kappa shape index (κ1) is 23.4. The molecular formula is C18H32O7. The maximum Gasteiger partial charge on any atom is 0.348 e. The molecule has 0 aliphatic rings. The van der Waals surface area contributed by atoms with Crippen LogP contribution in [0.15, 0.2) is 0 Å². The molecule has 146 valence electrons. The van der Waals surface area contributed by atoms with E-state index in [0.717, 1.165) is 0 Å². The third-order valence-electron chi connectivity index (χ3n) is 4.71. The molecule has 0 bridgehead atoms. The number of ether oxygens (including phenoxy) is 2. The predicted octanol–water partition coefficient (Wildman–Crippen LogP) is 2.39. The number of hydrogen-bond acceptors (Lipinski definition) is 6. The van der Waals surface area contributed by atoms with Gasteiger partial charge >= 0.3 is 17.9 Å². The van der Waals surface area contributed by atoms with Crippen LogP contribution >= 0.6 is 0 Å². The Morgan fingerprint density at radius 2 is 1.16 bits per heavy atom. The van der Waals surface area contributed by atoms with Crippen molar-refractivity contribution in [3.8, 4) is 0 Å². The van der Waals surface area contributed by atoms with Crippen molar-refractivity contribution in [1.29, 1.82) is 0 Å². The summed E-state index contributed by atoms with van der Waals surface area (Å²) >= 11 is 0. The molecule has 0 radical (unpaired) electrons. The maximum atomic E-state index is 12.4. The monoisotopic (exact) mass is 360 g/mol. The molecule has 0 fully saturated rings. The SMILES string of the molecule is CC[C@@H](C)[C@H](O)C(=O)O[C@H](C(=O)O[C@H](C(=O)O)[C@H](C)CC)[C@H](C)CC. The minimum Gasteiger partial charge on any atom is -0.478 e. The van der Waals surface area contributed by atoms with E-state index in [1.165, 1.54) is 0 Å². The van der Waals surface area contributed by atoms with Gasteiger partial charge in [-0.2, -0.15) is 0 Å². The van der Waals surface area contributed by atoms with E-state index in [9.17, 15) is 24.6 Å². The summed E-state index contributed by atoms with van der Waals surface area (Å²) in [5.74, 6) is -4.09. The molecule has 0 aromatic heterocycles. The lowest BCUT2D eigenvalue weighted by Gasteiger charge is -2.27. The van der Waals surface area contributed by atoms with Crippen molar-refractivity contribution in [3.63, 3.8) is 0 Å². The average Bonchev–Trinajstić information content (AvgIpc) is 2.60. The molecule has 0 aromatic rings. The number of rotatable bonds is 11. The minimum atomic E-state index is -1.34. The van der Waals surface area contributed by atoms with E-state index in [2.05, 4.69) is 0 Å². The second-order valence-electron chi connectivity index (χ2n) is 6.65. The second-order valence-corrected chi connectivity index (χ2v) is 6.65. The van der Waals surface area contributed by atoms with Crippen LogP contribution in [0.25, 0.3) is 0 Å². The fourth-order valence-electron chi connectivity index (χ4n) is 2.08. The standard InChI is InChI=1S/C18H32O7/c1-7-10(4)13(19)17(22)25-15(12(6)9-3)18(23)24-14(16(20)21)11(5)8-2/h10-15,19H,7-9H2,1-6H3,(H,20,21)/t10-,11-,12-,13+,14+,15+/m1/s1. The van der Waals surface area contributed by atoms with Gasteiger partial charge < -0.3 is 19.7 Å². The number of carbonyl (C=O) groups excluding carboxylic acids is 2. The van der Waals surface area contributed by atoms with Gasteiger partial charge in [-0.05, 0) is 18.8 Å². The molecule has 2 N–H and O–H groups in total. The molecule has 0 aliphatic heterocycles. The first-order valence-corrected chi connectivity index (χ1v) is 8.92. The van der Waals surface area contributed by atoms with E-state index in [4.69, 9.17) is 9.47 Å². The molecule has 6 atom stereocenters. The van der Waals surface area contributed by atoms with Crippen molar-refractivity contribution >= 4 is 17.9 Å². The minimum absolute atomic E-state index is 0.312. The van der Waals surface area contributed by atoms with Crippen molar-refractivity contribution in [2.75, 3.05) is 0 Å². The lowest BCUT2D eigenvalue weighted by atomic mass is 9.99. The Labute approximate surface area is 149 Å². The molecule has 0 rings (SSSR count). The summed E-state index contributed by atoms with van der Waals surface area (Å²) in [7, 11) is 0.